The number of hydrogen-bond donors (Lipinski definition) is 1. The fourth-order valence-electron chi connectivity index (χ4n) is 3.46. The molecule has 27 heavy (non-hydrogen) atoms. The lowest BCUT2D eigenvalue weighted by Crippen LogP contribution is -2.02. The van der Waals surface area contributed by atoms with E-state index in [2.05, 4.69) is 17.1 Å². The Morgan fingerprint density at radius 2 is 1.59 bits per heavy atom. The van der Waals surface area contributed by atoms with Gasteiger partial charge in [-0.3, -0.25) is 9.67 Å². The summed E-state index contributed by atoms with van der Waals surface area (Å²) in [5, 5.41) is 7.37. The summed E-state index contributed by atoms with van der Waals surface area (Å²) in [5.74, 6) is 1.83. The van der Waals surface area contributed by atoms with Gasteiger partial charge in [-0.25, -0.2) is 0 Å². The van der Waals surface area contributed by atoms with E-state index in [4.69, 9.17) is 17.0 Å². The zero-order valence-corrected chi connectivity index (χ0v) is 17.8. The highest BCUT2D eigenvalue weighted by Crippen LogP contribution is 2.19. The molecule has 2 aromatic rings. The number of aromatic amines is 1. The summed E-state index contributed by atoms with van der Waals surface area (Å²) < 4.78 is 7.99. The molecular formula is C22H35N3OS. The largest absolute Gasteiger partial charge is 0.497 e. The molecule has 0 aliphatic heterocycles. The third-order valence-corrected chi connectivity index (χ3v) is 5.33. The van der Waals surface area contributed by atoms with Crippen LogP contribution in [0.15, 0.2) is 24.3 Å². The van der Waals surface area contributed by atoms with E-state index in [1.165, 1.54) is 64.2 Å². The molecule has 0 spiro atoms. The number of aromatic nitrogens is 3. The van der Waals surface area contributed by atoms with Crippen molar-refractivity contribution in [3.05, 3.63) is 34.9 Å². The number of H-pyrrole nitrogens is 1. The summed E-state index contributed by atoms with van der Waals surface area (Å²) in [7, 11) is 1.68. The number of aryl methyl sites for hydroxylation is 1. The molecule has 150 valence electrons. The van der Waals surface area contributed by atoms with Crippen molar-refractivity contribution in [1.82, 2.24) is 14.8 Å². The molecule has 2 rings (SSSR count). The SMILES string of the molecule is CCCCCCCCCCCCCc1n[nH]c(=S)n1-c1cccc(OC)c1. The Balaban J connectivity index is 1.69. The van der Waals surface area contributed by atoms with Crippen molar-refractivity contribution in [2.45, 2.75) is 84.0 Å². The van der Waals surface area contributed by atoms with Gasteiger partial charge in [0.25, 0.3) is 0 Å². The average Bonchev–Trinajstić information content (AvgIpc) is 3.06. The first-order chi connectivity index (χ1) is 13.3. The smallest absolute Gasteiger partial charge is 0.199 e. The van der Waals surface area contributed by atoms with Crippen molar-refractivity contribution in [2.75, 3.05) is 7.11 Å². The molecule has 5 heteroatoms. The van der Waals surface area contributed by atoms with Crippen LogP contribution < -0.4 is 4.74 Å². The first-order valence-electron chi connectivity index (χ1n) is 10.6. The third kappa shape index (κ3) is 7.49. The first kappa shape index (κ1) is 21.7. The molecule has 4 nitrogen and oxygen atoms in total. The van der Waals surface area contributed by atoms with Crippen molar-refractivity contribution in [2.24, 2.45) is 0 Å². The van der Waals surface area contributed by atoms with E-state index < -0.39 is 0 Å². The summed E-state index contributed by atoms with van der Waals surface area (Å²) in [6.45, 7) is 2.27. The van der Waals surface area contributed by atoms with Gasteiger partial charge in [0.15, 0.2) is 4.77 Å². The maximum atomic E-state index is 5.43. The zero-order valence-electron chi connectivity index (χ0n) is 17.0. The highest BCUT2D eigenvalue weighted by atomic mass is 32.1. The highest BCUT2D eigenvalue weighted by Gasteiger charge is 2.09. The quantitative estimate of drug-likeness (QED) is 0.286. The van der Waals surface area contributed by atoms with Crippen LogP contribution in [0.4, 0.5) is 0 Å². The van der Waals surface area contributed by atoms with Crippen LogP contribution in [0, 0.1) is 4.77 Å². The molecule has 0 bridgehead atoms. The molecule has 0 saturated heterocycles. The predicted octanol–water partition coefficient (Wildman–Crippen LogP) is 6.79. The minimum Gasteiger partial charge on any atom is -0.497 e. The van der Waals surface area contributed by atoms with Crippen molar-refractivity contribution in [3.8, 4) is 11.4 Å². The van der Waals surface area contributed by atoms with E-state index in [1.807, 2.05) is 28.8 Å². The minimum absolute atomic E-state index is 0.640. The Kier molecular flexibility index (Phi) is 10.2. The fraction of sp³-hybridized carbons (Fsp3) is 0.636. The van der Waals surface area contributed by atoms with Crippen LogP contribution in [0.2, 0.25) is 0 Å². The van der Waals surface area contributed by atoms with Gasteiger partial charge in [-0.15, -0.1) is 0 Å². The molecule has 0 amide bonds. The van der Waals surface area contributed by atoms with Crippen LogP contribution in [-0.2, 0) is 6.42 Å². The molecule has 1 aromatic carbocycles. The van der Waals surface area contributed by atoms with Crippen LogP contribution in [0.5, 0.6) is 5.75 Å². The van der Waals surface area contributed by atoms with E-state index in [0.717, 1.165) is 30.1 Å². The monoisotopic (exact) mass is 389 g/mol. The summed E-state index contributed by atoms with van der Waals surface area (Å²) in [6.07, 6.45) is 15.8. The number of nitrogens with one attached hydrogen (secondary N) is 1. The molecule has 0 saturated carbocycles. The molecule has 1 N–H and O–H groups in total. The van der Waals surface area contributed by atoms with Gasteiger partial charge in [-0.05, 0) is 30.8 Å². The second-order valence-electron chi connectivity index (χ2n) is 7.27. The van der Waals surface area contributed by atoms with Gasteiger partial charge >= 0.3 is 0 Å². The molecule has 1 aromatic heterocycles. The molecule has 0 aliphatic rings. The lowest BCUT2D eigenvalue weighted by Gasteiger charge is -2.08. The van der Waals surface area contributed by atoms with Crippen LogP contribution in [-0.4, -0.2) is 21.9 Å². The summed E-state index contributed by atoms with van der Waals surface area (Å²) in [6, 6.07) is 7.96. The number of methoxy groups -OCH3 is 1. The second kappa shape index (κ2) is 12.7. The molecule has 0 atom stereocenters. The number of rotatable bonds is 14. The summed E-state index contributed by atoms with van der Waals surface area (Å²) in [5.41, 5.74) is 1.01. The van der Waals surface area contributed by atoms with E-state index in [-0.39, 0.29) is 0 Å². The van der Waals surface area contributed by atoms with Crippen LogP contribution in [0.3, 0.4) is 0 Å². The Hall–Kier alpha value is -1.62. The van der Waals surface area contributed by atoms with E-state index in [0.29, 0.717) is 4.77 Å². The fourth-order valence-corrected chi connectivity index (χ4v) is 3.72. The van der Waals surface area contributed by atoms with Gasteiger partial charge in [-0.2, -0.15) is 5.10 Å². The van der Waals surface area contributed by atoms with Gasteiger partial charge in [0, 0.05) is 12.5 Å². The summed E-state index contributed by atoms with van der Waals surface area (Å²) >= 11 is 5.43. The van der Waals surface area contributed by atoms with Gasteiger partial charge in [0.05, 0.1) is 12.8 Å². The van der Waals surface area contributed by atoms with Crippen molar-refractivity contribution in [1.29, 1.82) is 0 Å². The van der Waals surface area contributed by atoms with Gasteiger partial charge < -0.3 is 4.74 Å². The molecule has 0 radical (unpaired) electrons. The normalized spacial score (nSPS) is 11.0. The van der Waals surface area contributed by atoms with E-state index >= 15 is 0 Å². The third-order valence-electron chi connectivity index (χ3n) is 5.06. The van der Waals surface area contributed by atoms with E-state index in [9.17, 15) is 0 Å². The van der Waals surface area contributed by atoms with Crippen LogP contribution in [0.25, 0.3) is 5.69 Å². The number of nitrogens with zero attached hydrogens (tertiary/aromatic N) is 2. The van der Waals surface area contributed by atoms with Gasteiger partial charge in [-0.1, -0.05) is 77.2 Å². The molecule has 0 fully saturated rings. The topological polar surface area (TPSA) is 42.8 Å². The van der Waals surface area contributed by atoms with Crippen molar-refractivity contribution >= 4 is 12.2 Å². The standard InChI is InChI=1S/C22H35N3OS/c1-3-4-5-6-7-8-9-10-11-12-13-17-21-23-24-22(27)25(21)19-15-14-16-20(18-19)26-2/h14-16,18H,3-13,17H2,1-2H3,(H,24,27). The number of hydrogen-bond acceptors (Lipinski definition) is 3. The van der Waals surface area contributed by atoms with Crippen molar-refractivity contribution < 1.29 is 4.74 Å². The number of benzene rings is 1. The molecule has 0 aliphatic carbocycles. The Morgan fingerprint density at radius 1 is 0.963 bits per heavy atom. The van der Waals surface area contributed by atoms with Crippen LogP contribution >= 0.6 is 12.2 Å². The van der Waals surface area contributed by atoms with Crippen LogP contribution in [0.1, 0.15) is 83.4 Å². The molecule has 1 heterocycles. The number of unbranched alkanes of at least 4 members (excludes halogenated alkanes) is 10. The van der Waals surface area contributed by atoms with Crippen molar-refractivity contribution in [3.63, 3.8) is 0 Å². The Bertz CT molecular complexity index is 708. The minimum atomic E-state index is 0.640. The lowest BCUT2D eigenvalue weighted by atomic mass is 10.1. The molecule has 0 unspecified atom stereocenters. The lowest BCUT2D eigenvalue weighted by molar-refractivity contribution is 0.414. The van der Waals surface area contributed by atoms with E-state index in [1.54, 1.807) is 7.11 Å². The number of ether oxygens (including phenoxy) is 1. The Morgan fingerprint density at radius 3 is 2.22 bits per heavy atom. The van der Waals surface area contributed by atoms with Gasteiger partial charge in [0.2, 0.25) is 0 Å². The Labute approximate surface area is 169 Å². The maximum absolute atomic E-state index is 5.43. The predicted molar refractivity (Wildman–Crippen MR) is 115 cm³/mol. The summed E-state index contributed by atoms with van der Waals surface area (Å²) in [4.78, 5) is 0. The highest BCUT2D eigenvalue weighted by molar-refractivity contribution is 7.71. The van der Waals surface area contributed by atoms with Gasteiger partial charge in [0.1, 0.15) is 11.6 Å². The zero-order chi connectivity index (χ0) is 19.3. The second-order valence-corrected chi connectivity index (χ2v) is 7.65. The molecular weight excluding hydrogens is 354 g/mol. The first-order valence-corrected chi connectivity index (χ1v) is 11.0. The maximum Gasteiger partial charge on any atom is 0.199 e. The average molecular weight is 390 g/mol.